The van der Waals surface area contributed by atoms with Gasteiger partial charge in [-0.1, -0.05) is 0 Å². The largest absolute Gasteiger partial charge is 0.382 e. The molecule has 1 rings (SSSR count). The highest BCUT2D eigenvalue weighted by atomic mass is 32.1. The van der Waals surface area contributed by atoms with Gasteiger partial charge in [0.2, 0.25) is 11.7 Å². The first-order chi connectivity index (χ1) is 4.20. The molecule has 0 unspecified atom stereocenters. The van der Waals surface area contributed by atoms with E-state index >= 15 is 0 Å². The summed E-state index contributed by atoms with van der Waals surface area (Å²) in [5.41, 5.74) is -0.0197. The monoisotopic (exact) mass is 145 g/mol. The molecule has 0 radical (unpaired) electrons. The fraction of sp³-hybridized carbons (Fsp3) is 0.600. The van der Waals surface area contributed by atoms with Gasteiger partial charge in [-0.2, -0.15) is 8.33 Å². The van der Waals surface area contributed by atoms with E-state index in [9.17, 15) is 4.79 Å². The Labute approximate surface area is 57.3 Å². The average Bonchev–Trinajstić information content (AvgIpc) is 2.14. The number of rotatable bonds is 1. The molecular formula is C5H9N2OS+. The third kappa shape index (κ3) is 1.38. The smallest absolute Gasteiger partial charge is 0.236 e. The molecule has 9 heavy (non-hydrogen) atoms. The standard InChI is InChI=1S/C5H8N2OS/c1-4(2)7-3-5(8)6-9-7/h3-4H,1-2H3/p+1. The van der Waals surface area contributed by atoms with E-state index in [0.29, 0.717) is 6.04 Å². The summed E-state index contributed by atoms with van der Waals surface area (Å²) in [6.45, 7) is 4.06. The van der Waals surface area contributed by atoms with Crippen molar-refractivity contribution in [3.05, 3.63) is 16.6 Å². The molecule has 0 aromatic carbocycles. The molecule has 0 atom stereocenters. The Morgan fingerprint density at radius 1 is 1.78 bits per heavy atom. The van der Waals surface area contributed by atoms with Crippen LogP contribution in [0.2, 0.25) is 0 Å². The number of nitrogens with one attached hydrogen (secondary N) is 1. The molecule has 0 aliphatic carbocycles. The van der Waals surface area contributed by atoms with Crippen molar-refractivity contribution in [3.63, 3.8) is 0 Å². The molecule has 0 saturated carbocycles. The molecule has 0 bridgehead atoms. The summed E-state index contributed by atoms with van der Waals surface area (Å²) in [4.78, 5) is 10.5. The lowest BCUT2D eigenvalue weighted by atomic mass is 10.4. The van der Waals surface area contributed by atoms with Crippen molar-refractivity contribution >= 4 is 11.7 Å². The Morgan fingerprint density at radius 2 is 2.44 bits per heavy atom. The van der Waals surface area contributed by atoms with E-state index in [1.807, 2.05) is 17.8 Å². The second kappa shape index (κ2) is 2.31. The molecule has 1 aromatic heterocycles. The number of aromatic nitrogens is 2. The van der Waals surface area contributed by atoms with E-state index < -0.39 is 0 Å². The van der Waals surface area contributed by atoms with Gasteiger partial charge in [0.05, 0.1) is 0 Å². The van der Waals surface area contributed by atoms with Gasteiger partial charge in [-0.3, -0.25) is 0 Å². The molecule has 3 nitrogen and oxygen atoms in total. The quantitative estimate of drug-likeness (QED) is 0.567. The van der Waals surface area contributed by atoms with Crippen LogP contribution >= 0.6 is 11.7 Å². The van der Waals surface area contributed by atoms with Crippen LogP contribution in [0.1, 0.15) is 19.9 Å². The van der Waals surface area contributed by atoms with Gasteiger partial charge in [0, 0.05) is 0 Å². The van der Waals surface area contributed by atoms with Gasteiger partial charge in [0.1, 0.15) is 6.04 Å². The minimum absolute atomic E-state index is 0.0197. The van der Waals surface area contributed by atoms with Crippen LogP contribution in [0.5, 0.6) is 0 Å². The highest BCUT2D eigenvalue weighted by Crippen LogP contribution is 1.88. The molecule has 0 aliphatic rings. The zero-order valence-corrected chi connectivity index (χ0v) is 6.23. The molecule has 1 aromatic rings. The maximum atomic E-state index is 10.5. The van der Waals surface area contributed by atoms with Crippen LogP contribution in [0.3, 0.4) is 0 Å². The minimum Gasteiger partial charge on any atom is -0.236 e. The Balaban J connectivity index is 2.98. The van der Waals surface area contributed by atoms with Crippen molar-refractivity contribution in [2.45, 2.75) is 19.9 Å². The summed E-state index contributed by atoms with van der Waals surface area (Å²) in [7, 11) is 0. The second-order valence-corrected chi connectivity index (χ2v) is 2.95. The summed E-state index contributed by atoms with van der Waals surface area (Å²) in [5.74, 6) is 0. The van der Waals surface area contributed by atoms with Crippen LogP contribution in [0, 0.1) is 0 Å². The van der Waals surface area contributed by atoms with Crippen LogP contribution in [-0.4, -0.2) is 4.37 Å². The molecule has 4 heteroatoms. The van der Waals surface area contributed by atoms with Crippen LogP contribution < -0.4 is 9.52 Å². The number of hydrogen-bond acceptors (Lipinski definition) is 2. The summed E-state index contributed by atoms with van der Waals surface area (Å²) < 4.78 is 4.48. The first-order valence-electron chi connectivity index (χ1n) is 2.80. The van der Waals surface area contributed by atoms with Gasteiger partial charge in [0.25, 0.3) is 0 Å². The lowest BCUT2D eigenvalue weighted by Gasteiger charge is -1.92. The molecule has 0 amide bonds. The number of nitrogens with zero attached hydrogens (tertiary/aromatic N) is 1. The fourth-order valence-corrected chi connectivity index (χ4v) is 1.13. The number of hydrogen-bond donors (Lipinski definition) is 1. The molecule has 0 fully saturated rings. The Kier molecular flexibility index (Phi) is 1.66. The third-order valence-electron chi connectivity index (χ3n) is 1.01. The lowest BCUT2D eigenvalue weighted by Crippen LogP contribution is -2.31. The Morgan fingerprint density at radius 3 is 2.67 bits per heavy atom. The zero-order chi connectivity index (χ0) is 6.85. The van der Waals surface area contributed by atoms with E-state index in [0.717, 1.165) is 0 Å². The molecule has 0 saturated heterocycles. The predicted molar refractivity (Wildman–Crippen MR) is 35.5 cm³/mol. The van der Waals surface area contributed by atoms with Crippen molar-refractivity contribution < 1.29 is 3.96 Å². The van der Waals surface area contributed by atoms with Crippen LogP contribution in [0.4, 0.5) is 0 Å². The molecule has 50 valence electrons. The van der Waals surface area contributed by atoms with E-state index in [1.54, 1.807) is 6.20 Å². The van der Waals surface area contributed by atoms with Crippen molar-refractivity contribution in [1.29, 1.82) is 0 Å². The maximum Gasteiger partial charge on any atom is 0.382 e. The van der Waals surface area contributed by atoms with E-state index in [4.69, 9.17) is 0 Å². The van der Waals surface area contributed by atoms with Crippen molar-refractivity contribution in [1.82, 2.24) is 4.37 Å². The Hall–Kier alpha value is -0.640. The zero-order valence-electron chi connectivity index (χ0n) is 5.42. The summed E-state index contributed by atoms with van der Waals surface area (Å²) in [6.07, 6.45) is 1.56. The first kappa shape index (κ1) is 6.48. The SMILES string of the molecule is CC(C)[n+]1cc(=O)[nH]s1. The van der Waals surface area contributed by atoms with Crippen molar-refractivity contribution in [2.24, 2.45) is 0 Å². The van der Waals surface area contributed by atoms with Crippen molar-refractivity contribution in [3.8, 4) is 0 Å². The average molecular weight is 145 g/mol. The highest BCUT2D eigenvalue weighted by molar-refractivity contribution is 6.94. The summed E-state index contributed by atoms with van der Waals surface area (Å²) in [6, 6.07) is 0.383. The van der Waals surface area contributed by atoms with Gasteiger partial charge in [0.15, 0.2) is 6.20 Å². The van der Waals surface area contributed by atoms with Gasteiger partial charge < -0.3 is 0 Å². The molecule has 0 spiro atoms. The van der Waals surface area contributed by atoms with Gasteiger partial charge in [-0.05, 0) is 13.8 Å². The minimum atomic E-state index is -0.0197. The first-order valence-corrected chi connectivity index (χ1v) is 3.57. The van der Waals surface area contributed by atoms with Gasteiger partial charge >= 0.3 is 5.56 Å². The van der Waals surface area contributed by atoms with E-state index in [-0.39, 0.29) is 5.56 Å². The topological polar surface area (TPSA) is 36.7 Å². The van der Waals surface area contributed by atoms with E-state index in [1.165, 1.54) is 11.7 Å². The van der Waals surface area contributed by atoms with E-state index in [2.05, 4.69) is 4.37 Å². The third-order valence-corrected chi connectivity index (χ3v) is 2.04. The van der Waals surface area contributed by atoms with Crippen LogP contribution in [0.25, 0.3) is 0 Å². The van der Waals surface area contributed by atoms with Crippen molar-refractivity contribution in [2.75, 3.05) is 0 Å². The second-order valence-electron chi connectivity index (χ2n) is 2.14. The van der Waals surface area contributed by atoms with Gasteiger partial charge in [-0.15, -0.1) is 0 Å². The number of aromatic amines is 1. The van der Waals surface area contributed by atoms with Crippen LogP contribution in [0.15, 0.2) is 11.0 Å². The van der Waals surface area contributed by atoms with Crippen LogP contribution in [-0.2, 0) is 0 Å². The highest BCUT2D eigenvalue weighted by Gasteiger charge is 2.05. The predicted octanol–water partition coefficient (Wildman–Crippen LogP) is 0.305. The molecule has 1 N–H and O–H groups in total. The summed E-state index contributed by atoms with van der Waals surface area (Å²) in [5, 5.41) is 0. The molecular weight excluding hydrogens is 136 g/mol. The Bertz CT molecular complexity index is 237. The van der Waals surface area contributed by atoms with Gasteiger partial charge in [-0.25, -0.2) is 4.79 Å². The maximum absolute atomic E-state index is 10.5. The lowest BCUT2D eigenvalue weighted by molar-refractivity contribution is -0.651. The summed E-state index contributed by atoms with van der Waals surface area (Å²) >= 11 is 1.34. The number of H-pyrrole nitrogens is 1. The molecule has 0 aliphatic heterocycles. The normalized spacial score (nSPS) is 10.6. The molecule has 1 heterocycles. The fourth-order valence-electron chi connectivity index (χ4n) is 0.520.